The molecule has 0 saturated heterocycles. The minimum Gasteiger partial charge on any atom is -0.496 e. The SMILES string of the molecule is COc1ccccc1C(=O)Oc1c(C#N)c(C(=O)OC2C(C(C)(C)C)CC(C)CC2C(C)(C)C)c2nc(-c3ccc(C(C)(C)C)cc3)[nH]n12. The fourth-order valence-corrected chi connectivity index (χ4v) is 7.14. The highest BCUT2D eigenvalue weighted by Gasteiger charge is 2.48. The number of para-hydroxylation sites is 1. The number of benzene rings is 2. The van der Waals surface area contributed by atoms with Gasteiger partial charge in [0.2, 0.25) is 5.88 Å². The number of fused-ring (bicyclic) bond motifs is 1. The normalized spacial score (nSPS) is 20.1. The van der Waals surface area contributed by atoms with Crippen LogP contribution in [0.2, 0.25) is 0 Å². The molecule has 0 spiro atoms. The zero-order valence-corrected chi connectivity index (χ0v) is 30.7. The molecule has 1 saturated carbocycles. The molecule has 0 radical (unpaired) electrons. The molecule has 1 N–H and O–H groups in total. The highest BCUT2D eigenvalue weighted by Crippen LogP contribution is 2.50. The van der Waals surface area contributed by atoms with Gasteiger partial charge in [0.15, 0.2) is 11.5 Å². The summed E-state index contributed by atoms with van der Waals surface area (Å²) >= 11 is 0. The molecule has 4 aromatic rings. The van der Waals surface area contributed by atoms with Crippen molar-refractivity contribution in [3.8, 4) is 29.1 Å². The van der Waals surface area contributed by atoms with Crippen LogP contribution in [0, 0.1) is 39.9 Å². The number of aromatic nitrogens is 3. The summed E-state index contributed by atoms with van der Waals surface area (Å²) < 4.78 is 19.2. The topological polar surface area (TPSA) is 119 Å². The summed E-state index contributed by atoms with van der Waals surface area (Å²) in [5, 5.41) is 13.7. The number of hydrogen-bond donors (Lipinski definition) is 1. The Morgan fingerprint density at radius 3 is 2.02 bits per heavy atom. The lowest BCUT2D eigenvalue weighted by molar-refractivity contribution is -0.0922. The van der Waals surface area contributed by atoms with Gasteiger partial charge in [0.25, 0.3) is 0 Å². The number of H-pyrrole nitrogens is 1. The van der Waals surface area contributed by atoms with Gasteiger partial charge in [-0.05, 0) is 52.7 Å². The van der Waals surface area contributed by atoms with Crippen LogP contribution in [0.15, 0.2) is 48.5 Å². The molecule has 9 nitrogen and oxygen atoms in total. The Hall–Kier alpha value is -4.58. The van der Waals surface area contributed by atoms with Crippen LogP contribution >= 0.6 is 0 Å². The summed E-state index contributed by atoms with van der Waals surface area (Å²) in [6.07, 6.45) is 1.44. The first-order valence-corrected chi connectivity index (χ1v) is 17.1. The van der Waals surface area contributed by atoms with Crippen LogP contribution in [0.1, 0.15) is 114 Å². The molecule has 260 valence electrons. The molecule has 2 heterocycles. The maximum atomic E-state index is 14.5. The number of nitrogens with one attached hydrogen (secondary N) is 1. The summed E-state index contributed by atoms with van der Waals surface area (Å²) in [6, 6.07) is 16.8. The van der Waals surface area contributed by atoms with E-state index in [1.54, 1.807) is 24.3 Å². The van der Waals surface area contributed by atoms with Crippen LogP contribution in [0.5, 0.6) is 11.6 Å². The van der Waals surface area contributed by atoms with Crippen LogP contribution in [-0.2, 0) is 10.2 Å². The van der Waals surface area contributed by atoms with Crippen molar-refractivity contribution in [2.24, 2.45) is 28.6 Å². The lowest BCUT2D eigenvalue weighted by Crippen LogP contribution is -2.49. The Morgan fingerprint density at radius 2 is 1.49 bits per heavy atom. The van der Waals surface area contributed by atoms with E-state index in [-0.39, 0.29) is 56.3 Å². The number of carbonyl (C=O) groups is 2. The molecule has 49 heavy (non-hydrogen) atoms. The number of nitrogens with zero attached hydrogens (tertiary/aromatic N) is 3. The van der Waals surface area contributed by atoms with E-state index in [1.807, 2.05) is 24.3 Å². The standard InChI is InChI=1S/C40H50N4O5/c1-23-20-28(39(5,6)7)32(29(21-23)40(8,9)10)48-37(46)31-27(22-41)35(49-36(45)26-14-12-13-15-30(26)47-11)44-34(31)42-33(43-44)24-16-18-25(19-17-24)38(2,3)4/h12-19,23,28-29,32H,20-21H2,1-11H3,(H,42,43). The second kappa shape index (κ2) is 13.0. The summed E-state index contributed by atoms with van der Waals surface area (Å²) in [4.78, 5) is 32.9. The number of esters is 2. The molecule has 1 fully saturated rings. The van der Waals surface area contributed by atoms with Crippen molar-refractivity contribution in [2.45, 2.75) is 93.6 Å². The average Bonchev–Trinajstić information content (AvgIpc) is 3.57. The predicted molar refractivity (Wildman–Crippen MR) is 190 cm³/mol. The lowest BCUT2D eigenvalue weighted by Gasteiger charge is -2.50. The molecule has 9 heteroatoms. The minimum atomic E-state index is -0.749. The first kappa shape index (κ1) is 35.7. The average molecular weight is 667 g/mol. The Kier molecular flexibility index (Phi) is 9.50. The van der Waals surface area contributed by atoms with E-state index in [4.69, 9.17) is 19.2 Å². The summed E-state index contributed by atoms with van der Waals surface area (Å²) in [7, 11) is 1.46. The van der Waals surface area contributed by atoms with E-state index in [1.165, 1.54) is 11.6 Å². The molecule has 2 atom stereocenters. The number of ether oxygens (including phenoxy) is 3. The maximum absolute atomic E-state index is 14.5. The molecule has 5 rings (SSSR count). The first-order chi connectivity index (χ1) is 22.8. The molecular formula is C40H50N4O5. The van der Waals surface area contributed by atoms with Gasteiger partial charge >= 0.3 is 11.9 Å². The summed E-state index contributed by atoms with van der Waals surface area (Å²) in [5.74, 6) is -0.162. The van der Waals surface area contributed by atoms with E-state index < -0.39 is 18.0 Å². The largest absolute Gasteiger partial charge is 0.496 e. The van der Waals surface area contributed by atoms with Crippen molar-refractivity contribution >= 4 is 17.6 Å². The van der Waals surface area contributed by atoms with Gasteiger partial charge in [0, 0.05) is 17.4 Å². The Bertz CT molecular complexity index is 1870. The van der Waals surface area contributed by atoms with Gasteiger partial charge in [0.05, 0.1) is 7.11 Å². The third-order valence-electron chi connectivity index (χ3n) is 9.97. The van der Waals surface area contributed by atoms with Crippen molar-refractivity contribution in [3.05, 3.63) is 70.8 Å². The molecule has 0 aliphatic heterocycles. The minimum absolute atomic E-state index is 0.0417. The molecule has 2 aromatic carbocycles. The molecule has 0 bridgehead atoms. The number of carbonyl (C=O) groups excluding carboxylic acids is 2. The monoisotopic (exact) mass is 666 g/mol. The van der Waals surface area contributed by atoms with Crippen molar-refractivity contribution < 1.29 is 23.8 Å². The van der Waals surface area contributed by atoms with Crippen molar-refractivity contribution in [1.82, 2.24) is 14.6 Å². The third kappa shape index (κ3) is 7.10. The van der Waals surface area contributed by atoms with E-state index in [9.17, 15) is 14.9 Å². The fourth-order valence-electron chi connectivity index (χ4n) is 7.14. The highest BCUT2D eigenvalue weighted by molar-refractivity contribution is 6.02. The lowest BCUT2D eigenvalue weighted by atomic mass is 9.59. The molecule has 1 aliphatic rings. The van der Waals surface area contributed by atoms with Crippen molar-refractivity contribution in [1.29, 1.82) is 5.26 Å². The molecule has 2 unspecified atom stereocenters. The molecular weight excluding hydrogens is 616 g/mol. The summed E-state index contributed by atoms with van der Waals surface area (Å²) in [5.41, 5.74) is 1.74. The van der Waals surface area contributed by atoms with Gasteiger partial charge < -0.3 is 14.2 Å². The van der Waals surface area contributed by atoms with Gasteiger partial charge in [-0.3, -0.25) is 5.10 Å². The van der Waals surface area contributed by atoms with Gasteiger partial charge in [-0.1, -0.05) is 106 Å². The first-order valence-electron chi connectivity index (χ1n) is 17.1. The van der Waals surface area contributed by atoms with E-state index in [2.05, 4.69) is 80.4 Å². The Balaban J connectivity index is 1.65. The molecule has 2 aromatic heterocycles. The molecule has 1 aliphatic carbocycles. The van der Waals surface area contributed by atoms with E-state index in [0.717, 1.165) is 24.0 Å². The van der Waals surface area contributed by atoms with Gasteiger partial charge in [0.1, 0.15) is 34.6 Å². The van der Waals surface area contributed by atoms with Crippen LogP contribution in [0.3, 0.4) is 0 Å². The van der Waals surface area contributed by atoms with Crippen LogP contribution in [0.25, 0.3) is 17.0 Å². The zero-order chi connectivity index (χ0) is 36.1. The Morgan fingerprint density at radius 1 is 0.898 bits per heavy atom. The maximum Gasteiger partial charge on any atom is 0.348 e. The van der Waals surface area contributed by atoms with Crippen molar-refractivity contribution in [3.63, 3.8) is 0 Å². The quantitative estimate of drug-likeness (QED) is 0.204. The Labute approximate surface area is 290 Å². The number of aromatic amines is 1. The van der Waals surface area contributed by atoms with Gasteiger partial charge in [-0.2, -0.15) is 5.26 Å². The third-order valence-corrected chi connectivity index (χ3v) is 9.97. The zero-order valence-electron chi connectivity index (χ0n) is 30.7. The molecule has 0 amide bonds. The second-order valence-electron chi connectivity index (χ2n) is 16.7. The van der Waals surface area contributed by atoms with Crippen LogP contribution in [0.4, 0.5) is 0 Å². The number of nitriles is 1. The van der Waals surface area contributed by atoms with Crippen molar-refractivity contribution in [2.75, 3.05) is 7.11 Å². The number of rotatable bonds is 6. The number of hydrogen-bond acceptors (Lipinski definition) is 7. The van der Waals surface area contributed by atoms with Crippen LogP contribution in [-0.4, -0.2) is 39.8 Å². The van der Waals surface area contributed by atoms with E-state index in [0.29, 0.717) is 17.5 Å². The van der Waals surface area contributed by atoms with Gasteiger partial charge in [-0.15, -0.1) is 0 Å². The second-order valence-corrected chi connectivity index (χ2v) is 16.7. The van der Waals surface area contributed by atoms with Gasteiger partial charge in [-0.25, -0.2) is 19.1 Å². The van der Waals surface area contributed by atoms with E-state index >= 15 is 0 Å². The predicted octanol–water partition coefficient (Wildman–Crippen LogP) is 9.01. The number of methoxy groups -OCH3 is 1. The summed E-state index contributed by atoms with van der Waals surface area (Å²) in [6.45, 7) is 21.8. The smallest absolute Gasteiger partial charge is 0.348 e. The van der Waals surface area contributed by atoms with Crippen LogP contribution < -0.4 is 9.47 Å². The highest BCUT2D eigenvalue weighted by atomic mass is 16.6. The fraction of sp³-hybridized carbons (Fsp3) is 0.500.